The van der Waals surface area contributed by atoms with Crippen LogP contribution in [0.5, 0.6) is 0 Å². The van der Waals surface area contributed by atoms with Gasteiger partial charge in [0, 0.05) is 5.56 Å². The Morgan fingerprint density at radius 1 is 0.923 bits per heavy atom. The van der Waals surface area contributed by atoms with Crippen molar-refractivity contribution in [2.75, 3.05) is 13.1 Å². The minimum atomic E-state index is -0.338. The first-order chi connectivity index (χ1) is 19.0. The van der Waals surface area contributed by atoms with Gasteiger partial charge in [-0.05, 0) is 96.8 Å². The number of benzene rings is 3. The molecule has 2 aromatic heterocycles. The van der Waals surface area contributed by atoms with Crippen molar-refractivity contribution in [1.82, 2.24) is 30.1 Å². The van der Waals surface area contributed by atoms with Crippen LogP contribution in [0.15, 0.2) is 83.7 Å². The summed E-state index contributed by atoms with van der Waals surface area (Å²) >= 11 is 0. The van der Waals surface area contributed by atoms with Crippen molar-refractivity contribution >= 4 is 10.9 Å². The van der Waals surface area contributed by atoms with E-state index in [-0.39, 0.29) is 11.6 Å². The number of pyridine rings is 1. The smallest absolute Gasteiger partial charge is 0.253 e. The third-order valence-electron chi connectivity index (χ3n) is 7.98. The number of likely N-dealkylation sites (tertiary alicyclic amines) is 1. The quantitative estimate of drug-likeness (QED) is 0.319. The van der Waals surface area contributed by atoms with Gasteiger partial charge in [-0.1, -0.05) is 72.3 Å². The molecule has 0 spiro atoms. The van der Waals surface area contributed by atoms with Gasteiger partial charge < -0.3 is 4.98 Å². The van der Waals surface area contributed by atoms with Gasteiger partial charge in [0.25, 0.3) is 5.56 Å². The van der Waals surface area contributed by atoms with Crippen LogP contribution in [0.2, 0.25) is 0 Å². The van der Waals surface area contributed by atoms with Crippen molar-refractivity contribution < 1.29 is 0 Å². The van der Waals surface area contributed by atoms with Gasteiger partial charge in [0.1, 0.15) is 6.04 Å². The molecule has 1 unspecified atom stereocenters. The third kappa shape index (κ3) is 5.40. The van der Waals surface area contributed by atoms with Crippen molar-refractivity contribution in [3.63, 3.8) is 0 Å². The summed E-state index contributed by atoms with van der Waals surface area (Å²) < 4.78 is 1.85. The van der Waals surface area contributed by atoms with Crippen LogP contribution in [0, 0.1) is 19.8 Å². The number of aromatic nitrogens is 5. The van der Waals surface area contributed by atoms with Crippen LogP contribution >= 0.6 is 0 Å². The Morgan fingerprint density at radius 3 is 2.33 bits per heavy atom. The number of hydrogen-bond acceptors (Lipinski definition) is 5. The Morgan fingerprint density at radius 2 is 1.62 bits per heavy atom. The van der Waals surface area contributed by atoms with E-state index in [1.807, 2.05) is 29.8 Å². The number of tetrazole rings is 1. The van der Waals surface area contributed by atoms with Crippen LogP contribution < -0.4 is 5.56 Å². The molecular formula is C32H34N6O. The normalized spacial score (nSPS) is 15.5. The molecule has 3 heterocycles. The standard InChI is InChI=1S/C32H34N6O/c1-22-17-23(2)29-27(18-22)20-28(32(39)33-29)30(31-34-35-36-38(31)21-26-11-7-4-8-12-26)37-15-13-25(14-16-37)19-24-9-5-3-6-10-24/h3-12,17-18,20,25,30H,13-16,19,21H2,1-2H3,(H,33,39). The van der Waals surface area contributed by atoms with E-state index in [9.17, 15) is 4.79 Å². The fourth-order valence-corrected chi connectivity index (χ4v) is 6.05. The highest BCUT2D eigenvalue weighted by molar-refractivity contribution is 5.83. The average molecular weight is 519 g/mol. The fraction of sp³-hybridized carbons (Fsp3) is 0.312. The molecule has 1 saturated heterocycles. The molecule has 7 nitrogen and oxygen atoms in total. The number of fused-ring (bicyclic) bond motifs is 1. The van der Waals surface area contributed by atoms with Gasteiger partial charge >= 0.3 is 0 Å². The molecule has 1 atom stereocenters. The summed E-state index contributed by atoms with van der Waals surface area (Å²) in [7, 11) is 0. The molecule has 0 aliphatic carbocycles. The lowest BCUT2D eigenvalue weighted by Gasteiger charge is -2.37. The molecule has 0 bridgehead atoms. The van der Waals surface area contributed by atoms with E-state index in [0.29, 0.717) is 23.9 Å². The summed E-state index contributed by atoms with van der Waals surface area (Å²) in [6.07, 6.45) is 3.21. The second-order valence-electron chi connectivity index (χ2n) is 10.9. The van der Waals surface area contributed by atoms with Gasteiger partial charge in [0.15, 0.2) is 5.82 Å². The van der Waals surface area contributed by atoms with Gasteiger partial charge in [0.05, 0.1) is 12.1 Å². The molecule has 6 rings (SSSR count). The Kier molecular flexibility index (Phi) is 7.07. The molecule has 1 N–H and O–H groups in total. The SMILES string of the molecule is Cc1cc(C)c2[nH]c(=O)c(C(c3nnnn3Cc3ccccc3)N3CCC(Cc4ccccc4)CC3)cc2c1. The molecule has 1 aliphatic heterocycles. The molecule has 5 aromatic rings. The molecule has 0 radical (unpaired) electrons. The minimum Gasteiger partial charge on any atom is -0.321 e. The Hall–Kier alpha value is -4.10. The van der Waals surface area contributed by atoms with Crippen LogP contribution in [-0.2, 0) is 13.0 Å². The summed E-state index contributed by atoms with van der Waals surface area (Å²) in [6, 6.07) is 26.9. The Balaban J connectivity index is 1.37. The lowest BCUT2D eigenvalue weighted by atomic mass is 9.89. The molecular weight excluding hydrogens is 484 g/mol. The van der Waals surface area contributed by atoms with Crippen LogP contribution in [0.25, 0.3) is 10.9 Å². The van der Waals surface area contributed by atoms with Crippen LogP contribution in [0.4, 0.5) is 0 Å². The number of nitrogens with one attached hydrogen (secondary N) is 1. The number of nitrogens with zero attached hydrogens (tertiary/aromatic N) is 5. The monoisotopic (exact) mass is 518 g/mol. The Bertz CT molecular complexity index is 1620. The predicted octanol–water partition coefficient (Wildman–Crippen LogP) is 5.22. The van der Waals surface area contributed by atoms with Gasteiger partial charge in [0.2, 0.25) is 0 Å². The Labute approximate surface area is 228 Å². The highest BCUT2D eigenvalue weighted by Crippen LogP contribution is 2.32. The first-order valence-electron chi connectivity index (χ1n) is 13.8. The van der Waals surface area contributed by atoms with Crippen LogP contribution in [0.3, 0.4) is 0 Å². The molecule has 7 heteroatoms. The minimum absolute atomic E-state index is 0.0832. The lowest BCUT2D eigenvalue weighted by molar-refractivity contribution is 0.143. The number of aryl methyl sites for hydroxylation is 2. The maximum Gasteiger partial charge on any atom is 0.253 e. The maximum atomic E-state index is 13.7. The highest BCUT2D eigenvalue weighted by atomic mass is 16.1. The van der Waals surface area contributed by atoms with E-state index >= 15 is 0 Å². The van der Waals surface area contributed by atoms with Gasteiger partial charge in [-0.15, -0.1) is 5.10 Å². The number of hydrogen-bond donors (Lipinski definition) is 1. The first kappa shape index (κ1) is 25.2. The molecule has 198 valence electrons. The molecule has 0 saturated carbocycles. The van der Waals surface area contributed by atoms with Crippen molar-refractivity contribution in [2.24, 2.45) is 5.92 Å². The van der Waals surface area contributed by atoms with E-state index in [0.717, 1.165) is 54.4 Å². The summed E-state index contributed by atoms with van der Waals surface area (Å²) in [5, 5.41) is 14.0. The largest absolute Gasteiger partial charge is 0.321 e. The van der Waals surface area contributed by atoms with Crippen LogP contribution in [-0.4, -0.2) is 43.2 Å². The number of H-pyrrole nitrogens is 1. The third-order valence-corrected chi connectivity index (χ3v) is 7.98. The summed E-state index contributed by atoms with van der Waals surface area (Å²) in [4.78, 5) is 19.2. The van der Waals surface area contributed by atoms with Gasteiger partial charge in [-0.25, -0.2) is 4.68 Å². The van der Waals surface area contributed by atoms with E-state index in [2.05, 4.69) is 93.0 Å². The fourth-order valence-electron chi connectivity index (χ4n) is 6.05. The summed E-state index contributed by atoms with van der Waals surface area (Å²) in [6.45, 7) is 6.44. The molecule has 1 aliphatic rings. The molecule has 0 amide bonds. The van der Waals surface area contributed by atoms with Crippen molar-refractivity contribution in [1.29, 1.82) is 0 Å². The zero-order valence-electron chi connectivity index (χ0n) is 22.5. The second-order valence-corrected chi connectivity index (χ2v) is 10.9. The lowest BCUT2D eigenvalue weighted by Crippen LogP contribution is -2.41. The highest BCUT2D eigenvalue weighted by Gasteiger charge is 2.33. The summed E-state index contributed by atoms with van der Waals surface area (Å²) in [5.74, 6) is 1.32. The first-order valence-corrected chi connectivity index (χ1v) is 13.8. The predicted molar refractivity (Wildman–Crippen MR) is 154 cm³/mol. The molecule has 39 heavy (non-hydrogen) atoms. The topological polar surface area (TPSA) is 79.7 Å². The number of piperidine rings is 1. The number of aromatic amines is 1. The molecule has 3 aromatic carbocycles. The van der Waals surface area contributed by atoms with E-state index < -0.39 is 0 Å². The summed E-state index contributed by atoms with van der Waals surface area (Å²) in [5.41, 5.74) is 6.24. The van der Waals surface area contributed by atoms with Gasteiger partial charge in [-0.2, -0.15) is 0 Å². The van der Waals surface area contributed by atoms with Crippen molar-refractivity contribution in [2.45, 2.75) is 45.7 Å². The zero-order chi connectivity index (χ0) is 26.8. The number of rotatable bonds is 7. The van der Waals surface area contributed by atoms with Crippen LogP contribution in [0.1, 0.15) is 52.5 Å². The van der Waals surface area contributed by atoms with E-state index in [4.69, 9.17) is 0 Å². The second kappa shape index (κ2) is 10.9. The van der Waals surface area contributed by atoms with Crippen molar-refractivity contribution in [3.8, 4) is 0 Å². The molecule has 1 fully saturated rings. The van der Waals surface area contributed by atoms with Crippen molar-refractivity contribution in [3.05, 3.63) is 123 Å². The van der Waals surface area contributed by atoms with Gasteiger partial charge in [-0.3, -0.25) is 9.69 Å². The average Bonchev–Trinajstić information content (AvgIpc) is 3.39. The van der Waals surface area contributed by atoms with E-state index in [1.54, 1.807) is 0 Å². The maximum absolute atomic E-state index is 13.7. The van der Waals surface area contributed by atoms with E-state index in [1.165, 1.54) is 11.1 Å². The zero-order valence-corrected chi connectivity index (χ0v) is 22.5.